The van der Waals surface area contributed by atoms with Crippen LogP contribution in [0.3, 0.4) is 0 Å². The molecule has 1 aromatic heterocycles. The summed E-state index contributed by atoms with van der Waals surface area (Å²) >= 11 is 7.60. The first-order valence-corrected chi connectivity index (χ1v) is 12.3. The number of Topliss-reactive ketones (excluding diaryl/α,β-unsaturated/α-hetero) is 1. The molecule has 0 aliphatic carbocycles. The van der Waals surface area contributed by atoms with Gasteiger partial charge in [-0.3, -0.25) is 14.5 Å². The highest BCUT2D eigenvalue weighted by Gasteiger charge is 2.47. The maximum absolute atomic E-state index is 13.3. The summed E-state index contributed by atoms with van der Waals surface area (Å²) in [5.41, 5.74) is 1.64. The molecule has 1 N–H and O–H groups in total. The van der Waals surface area contributed by atoms with Crippen molar-refractivity contribution in [1.82, 2.24) is 0 Å². The van der Waals surface area contributed by atoms with Crippen LogP contribution in [0.25, 0.3) is 5.76 Å². The monoisotopic (exact) mass is 495 g/mol. The molecule has 0 radical (unpaired) electrons. The SMILES string of the molecule is CCOc1ccc(/C(O)=C2/C(=O)C(=O)N(c3cccc(Cl)c3)C2c2cccs2)cc1C(C)(C)C. The molecule has 1 aliphatic rings. The zero-order chi connectivity index (χ0) is 24.6. The second kappa shape index (κ2) is 9.28. The Morgan fingerprint density at radius 3 is 2.50 bits per heavy atom. The summed E-state index contributed by atoms with van der Waals surface area (Å²) in [6.45, 7) is 8.59. The third-order valence-corrected chi connectivity index (χ3v) is 6.86. The Labute approximate surface area is 208 Å². The zero-order valence-electron chi connectivity index (χ0n) is 19.5. The van der Waals surface area contributed by atoms with Gasteiger partial charge in [-0.2, -0.15) is 0 Å². The molecular weight excluding hydrogens is 470 g/mol. The summed E-state index contributed by atoms with van der Waals surface area (Å²) in [5.74, 6) is -0.929. The number of thiophene rings is 1. The highest BCUT2D eigenvalue weighted by atomic mass is 35.5. The van der Waals surface area contributed by atoms with Gasteiger partial charge < -0.3 is 9.84 Å². The van der Waals surface area contributed by atoms with Crippen LogP contribution >= 0.6 is 22.9 Å². The fraction of sp³-hybridized carbons (Fsp3) is 0.259. The van der Waals surface area contributed by atoms with Crippen LogP contribution in [-0.4, -0.2) is 23.4 Å². The lowest BCUT2D eigenvalue weighted by Crippen LogP contribution is -2.29. The second-order valence-corrected chi connectivity index (χ2v) is 10.5. The molecule has 4 rings (SSSR count). The quantitative estimate of drug-likeness (QED) is 0.242. The summed E-state index contributed by atoms with van der Waals surface area (Å²) in [6.07, 6.45) is 0. The van der Waals surface area contributed by atoms with Crippen molar-refractivity contribution in [1.29, 1.82) is 0 Å². The van der Waals surface area contributed by atoms with Crippen molar-refractivity contribution in [3.63, 3.8) is 0 Å². The molecule has 3 aromatic rings. The number of carbonyl (C=O) groups excluding carboxylic acids is 2. The number of hydrogen-bond donors (Lipinski definition) is 1. The normalized spacial score (nSPS) is 17.9. The van der Waals surface area contributed by atoms with E-state index in [0.29, 0.717) is 22.9 Å². The smallest absolute Gasteiger partial charge is 0.300 e. The average Bonchev–Trinajstić information content (AvgIpc) is 3.40. The molecule has 1 atom stereocenters. The molecule has 7 heteroatoms. The van der Waals surface area contributed by atoms with Crippen LogP contribution in [0.15, 0.2) is 65.6 Å². The van der Waals surface area contributed by atoms with Gasteiger partial charge in [-0.05, 0) is 60.2 Å². The summed E-state index contributed by atoms with van der Waals surface area (Å²) in [5, 5.41) is 13.8. The third-order valence-electron chi connectivity index (χ3n) is 5.70. The maximum Gasteiger partial charge on any atom is 0.300 e. The van der Waals surface area contributed by atoms with Gasteiger partial charge in [0.1, 0.15) is 17.6 Å². The number of anilines is 1. The fourth-order valence-electron chi connectivity index (χ4n) is 4.14. The summed E-state index contributed by atoms with van der Waals surface area (Å²) in [6, 6.07) is 15.1. The van der Waals surface area contributed by atoms with Crippen molar-refractivity contribution in [2.45, 2.75) is 39.2 Å². The largest absolute Gasteiger partial charge is 0.507 e. The molecule has 1 aliphatic heterocycles. The van der Waals surface area contributed by atoms with Gasteiger partial charge in [0.15, 0.2) is 0 Å². The van der Waals surface area contributed by atoms with Crippen LogP contribution < -0.4 is 9.64 Å². The highest BCUT2D eigenvalue weighted by Crippen LogP contribution is 2.44. The number of benzene rings is 2. The predicted molar refractivity (Wildman–Crippen MR) is 137 cm³/mol. The minimum Gasteiger partial charge on any atom is -0.507 e. The van der Waals surface area contributed by atoms with Crippen LogP contribution in [-0.2, 0) is 15.0 Å². The van der Waals surface area contributed by atoms with Crippen molar-refractivity contribution < 1.29 is 19.4 Å². The van der Waals surface area contributed by atoms with Crippen molar-refractivity contribution in [2.75, 3.05) is 11.5 Å². The van der Waals surface area contributed by atoms with Crippen molar-refractivity contribution in [3.8, 4) is 5.75 Å². The highest BCUT2D eigenvalue weighted by molar-refractivity contribution is 7.10. The van der Waals surface area contributed by atoms with Gasteiger partial charge in [-0.15, -0.1) is 11.3 Å². The van der Waals surface area contributed by atoms with Crippen molar-refractivity contribution in [3.05, 3.63) is 86.6 Å². The van der Waals surface area contributed by atoms with E-state index in [2.05, 4.69) is 20.8 Å². The van der Waals surface area contributed by atoms with E-state index in [1.807, 2.05) is 30.5 Å². The van der Waals surface area contributed by atoms with Crippen LogP contribution in [0, 0.1) is 0 Å². The minimum absolute atomic E-state index is 0.0523. The third kappa shape index (κ3) is 4.36. The van der Waals surface area contributed by atoms with Crippen molar-refractivity contribution in [2.24, 2.45) is 0 Å². The molecule has 2 heterocycles. The van der Waals surface area contributed by atoms with Crippen LogP contribution in [0.5, 0.6) is 5.75 Å². The number of ether oxygens (including phenoxy) is 1. The van der Waals surface area contributed by atoms with Crippen LogP contribution in [0.1, 0.15) is 49.7 Å². The molecule has 176 valence electrons. The van der Waals surface area contributed by atoms with Gasteiger partial charge in [0, 0.05) is 26.7 Å². The number of carbonyl (C=O) groups is 2. The Morgan fingerprint density at radius 2 is 1.88 bits per heavy atom. The zero-order valence-corrected chi connectivity index (χ0v) is 21.0. The van der Waals surface area contributed by atoms with E-state index in [9.17, 15) is 14.7 Å². The van der Waals surface area contributed by atoms with Crippen molar-refractivity contribution >= 4 is 46.1 Å². The Balaban J connectivity index is 1.92. The molecule has 5 nitrogen and oxygen atoms in total. The van der Waals surface area contributed by atoms with E-state index in [4.69, 9.17) is 16.3 Å². The summed E-state index contributed by atoms with van der Waals surface area (Å²) in [4.78, 5) is 28.7. The van der Waals surface area contributed by atoms with Gasteiger partial charge in [-0.1, -0.05) is 44.5 Å². The number of hydrogen-bond acceptors (Lipinski definition) is 5. The number of halogens is 1. The first-order valence-electron chi connectivity index (χ1n) is 11.0. The Morgan fingerprint density at radius 1 is 1.12 bits per heavy atom. The Hall–Kier alpha value is -3.09. The molecule has 0 spiro atoms. The van der Waals surface area contributed by atoms with Crippen LogP contribution in [0.4, 0.5) is 5.69 Å². The molecule has 1 fully saturated rings. The standard InChI is InChI=1S/C27H26ClNO4S/c1-5-33-20-12-11-16(14-19(20)27(2,3)4)24(30)22-23(21-10-7-13-34-21)29(26(32)25(22)31)18-9-6-8-17(28)15-18/h6-15,23,30H,5H2,1-4H3/b24-22-. The van der Waals surface area contributed by atoms with E-state index in [-0.39, 0.29) is 16.7 Å². The topological polar surface area (TPSA) is 66.8 Å². The van der Waals surface area contributed by atoms with Gasteiger partial charge in [-0.25, -0.2) is 0 Å². The summed E-state index contributed by atoms with van der Waals surface area (Å²) in [7, 11) is 0. The van der Waals surface area contributed by atoms with E-state index in [0.717, 1.165) is 16.2 Å². The molecule has 2 aromatic carbocycles. The number of amides is 1. The molecule has 0 saturated carbocycles. The second-order valence-electron chi connectivity index (χ2n) is 9.06. The molecule has 1 amide bonds. The maximum atomic E-state index is 13.3. The summed E-state index contributed by atoms with van der Waals surface area (Å²) < 4.78 is 5.79. The first-order chi connectivity index (χ1) is 16.1. The first kappa shape index (κ1) is 24.0. The number of nitrogens with zero attached hydrogens (tertiary/aromatic N) is 1. The Kier molecular flexibility index (Phi) is 6.56. The predicted octanol–water partition coefficient (Wildman–Crippen LogP) is 6.72. The van der Waals surface area contributed by atoms with Crippen LogP contribution in [0.2, 0.25) is 5.02 Å². The molecule has 0 bridgehead atoms. The lowest BCUT2D eigenvalue weighted by Gasteiger charge is -2.25. The number of ketones is 1. The fourth-order valence-corrected chi connectivity index (χ4v) is 5.15. The number of aliphatic hydroxyl groups excluding tert-OH is 1. The lowest BCUT2D eigenvalue weighted by molar-refractivity contribution is -0.132. The van der Waals surface area contributed by atoms with Gasteiger partial charge in [0.25, 0.3) is 11.7 Å². The Bertz CT molecular complexity index is 1270. The van der Waals surface area contributed by atoms with Gasteiger partial charge >= 0.3 is 0 Å². The molecular formula is C27H26ClNO4S. The molecule has 1 saturated heterocycles. The minimum atomic E-state index is -0.761. The van der Waals surface area contributed by atoms with Gasteiger partial charge in [0.05, 0.1) is 12.2 Å². The lowest BCUT2D eigenvalue weighted by atomic mass is 9.84. The van der Waals surface area contributed by atoms with Gasteiger partial charge in [0.2, 0.25) is 0 Å². The van der Waals surface area contributed by atoms with E-state index in [1.54, 1.807) is 36.4 Å². The molecule has 34 heavy (non-hydrogen) atoms. The van der Waals surface area contributed by atoms with E-state index >= 15 is 0 Å². The number of rotatable bonds is 5. The average molecular weight is 496 g/mol. The van der Waals surface area contributed by atoms with E-state index < -0.39 is 17.7 Å². The number of aliphatic hydroxyl groups is 1. The molecule has 1 unspecified atom stereocenters. The van der Waals surface area contributed by atoms with E-state index in [1.165, 1.54) is 16.2 Å².